The van der Waals surface area contributed by atoms with E-state index in [-0.39, 0.29) is 6.04 Å². The van der Waals surface area contributed by atoms with Crippen LogP contribution in [-0.2, 0) is 15.9 Å². The van der Waals surface area contributed by atoms with Gasteiger partial charge in [0, 0.05) is 29.1 Å². The van der Waals surface area contributed by atoms with E-state index in [1.54, 1.807) is 0 Å². The lowest BCUT2D eigenvalue weighted by Crippen LogP contribution is -2.51. The van der Waals surface area contributed by atoms with Crippen molar-refractivity contribution in [1.29, 1.82) is 0 Å². The van der Waals surface area contributed by atoms with Crippen LogP contribution < -0.4 is 0 Å². The number of carbonyl (C=O) groups excluding carboxylic acids is 1. The van der Waals surface area contributed by atoms with Crippen molar-refractivity contribution in [2.75, 3.05) is 27.7 Å². The van der Waals surface area contributed by atoms with E-state index in [1.807, 2.05) is 42.7 Å². The molecule has 1 fully saturated rings. The molecule has 2 aliphatic rings. The van der Waals surface area contributed by atoms with E-state index in [4.69, 9.17) is 37.7 Å². The minimum atomic E-state index is -1.04. The summed E-state index contributed by atoms with van der Waals surface area (Å²) in [6, 6.07) is 16.3. The largest absolute Gasteiger partial charge is 0.510 e. The minimum absolute atomic E-state index is 0.0605. The van der Waals surface area contributed by atoms with Gasteiger partial charge in [-0.2, -0.15) is 0 Å². The topological polar surface area (TPSA) is 54.4 Å². The van der Waals surface area contributed by atoms with Crippen LogP contribution in [0.4, 0.5) is 4.79 Å². The monoisotopic (exact) mass is 573 g/mol. The number of rotatable bonds is 10. The number of ether oxygens (including phenoxy) is 2. The van der Waals surface area contributed by atoms with E-state index in [2.05, 4.69) is 43.0 Å². The van der Waals surface area contributed by atoms with Crippen LogP contribution in [0.2, 0.25) is 10.0 Å². The maximum atomic E-state index is 12.5. The second-order valence-corrected chi connectivity index (χ2v) is 12.1. The van der Waals surface area contributed by atoms with Gasteiger partial charge in [-0.3, -0.25) is 0 Å². The molecule has 6 nitrogen and oxygen atoms in total. The van der Waals surface area contributed by atoms with Crippen LogP contribution >= 0.6 is 23.2 Å². The average Bonchev–Trinajstić information content (AvgIpc) is 3.23. The van der Waals surface area contributed by atoms with Gasteiger partial charge in [0.1, 0.15) is 0 Å². The van der Waals surface area contributed by atoms with Crippen molar-refractivity contribution in [2.24, 2.45) is 16.8 Å². The molecular formula is C31H41Cl2N3O3. The standard InChI is InChI=1S/C31H41Cl2N3O3/c1-5-18-36-21-34-31(39-30(37)38-4,20-23-8-14-26(32)15-9-23)28(36)19-22-6-10-24(11-7-22)29(35(2)3)25-12-16-27(33)17-13-25/h8-9,12-17,21-22,24,28-29H,5-7,10-11,18-20H2,1-4H3. The zero-order valence-corrected chi connectivity index (χ0v) is 25.0. The molecule has 0 radical (unpaired) electrons. The Morgan fingerprint density at radius 3 is 2.23 bits per heavy atom. The van der Waals surface area contributed by atoms with Crippen LogP contribution in [0.25, 0.3) is 0 Å². The summed E-state index contributed by atoms with van der Waals surface area (Å²) in [6.45, 7) is 3.02. The molecule has 1 aliphatic carbocycles. The normalized spacial score (nSPS) is 25.6. The van der Waals surface area contributed by atoms with Gasteiger partial charge in [0.25, 0.3) is 0 Å². The van der Waals surface area contributed by atoms with E-state index in [9.17, 15) is 4.79 Å². The summed E-state index contributed by atoms with van der Waals surface area (Å²) in [7, 11) is 5.68. The SMILES string of the molecule is CCCN1C=NC(Cc2ccc(Cl)cc2)(OC(=O)OC)C1CC1CCC(C(c2ccc(Cl)cc2)N(C)C)CC1. The van der Waals surface area contributed by atoms with Crippen molar-refractivity contribution >= 4 is 35.7 Å². The zero-order valence-electron chi connectivity index (χ0n) is 23.5. The molecule has 2 aromatic carbocycles. The van der Waals surface area contributed by atoms with Crippen molar-refractivity contribution < 1.29 is 14.3 Å². The predicted octanol–water partition coefficient (Wildman–Crippen LogP) is 7.64. The summed E-state index contributed by atoms with van der Waals surface area (Å²) < 4.78 is 11.0. The highest BCUT2D eigenvalue weighted by atomic mass is 35.5. The van der Waals surface area contributed by atoms with Gasteiger partial charge in [0.2, 0.25) is 5.72 Å². The van der Waals surface area contributed by atoms with Gasteiger partial charge in [-0.15, -0.1) is 0 Å². The molecule has 1 aliphatic heterocycles. The second-order valence-electron chi connectivity index (χ2n) is 11.2. The van der Waals surface area contributed by atoms with Gasteiger partial charge in [0.05, 0.1) is 19.5 Å². The first-order chi connectivity index (χ1) is 18.7. The lowest BCUT2D eigenvalue weighted by molar-refractivity contribution is -0.0571. The van der Waals surface area contributed by atoms with Gasteiger partial charge in [0.15, 0.2) is 0 Å². The van der Waals surface area contributed by atoms with E-state index in [0.717, 1.165) is 55.7 Å². The average molecular weight is 575 g/mol. The molecule has 0 spiro atoms. The Bertz CT molecular complexity index is 1100. The highest BCUT2D eigenvalue weighted by molar-refractivity contribution is 6.30. The molecule has 3 unspecified atom stereocenters. The number of hydrogen-bond acceptors (Lipinski definition) is 6. The van der Waals surface area contributed by atoms with Gasteiger partial charge >= 0.3 is 6.16 Å². The van der Waals surface area contributed by atoms with Crippen molar-refractivity contribution in [1.82, 2.24) is 9.80 Å². The third-order valence-corrected chi connectivity index (χ3v) is 8.79. The second kappa shape index (κ2) is 13.4. The Morgan fingerprint density at radius 1 is 1.05 bits per heavy atom. The highest BCUT2D eigenvalue weighted by Crippen LogP contribution is 2.43. The molecule has 4 rings (SSSR count). The Balaban J connectivity index is 1.51. The third kappa shape index (κ3) is 7.27. The number of halogens is 2. The fourth-order valence-corrected chi connectivity index (χ4v) is 6.72. The molecule has 8 heteroatoms. The molecule has 0 N–H and O–H groups in total. The van der Waals surface area contributed by atoms with Crippen molar-refractivity contribution in [3.8, 4) is 0 Å². The smallest absolute Gasteiger partial charge is 0.438 e. The predicted molar refractivity (Wildman–Crippen MR) is 159 cm³/mol. The maximum Gasteiger partial charge on any atom is 0.510 e. The van der Waals surface area contributed by atoms with Crippen molar-refractivity contribution in [3.63, 3.8) is 0 Å². The van der Waals surface area contributed by atoms with E-state index in [0.29, 0.717) is 29.3 Å². The van der Waals surface area contributed by atoms with Gasteiger partial charge in [-0.25, -0.2) is 9.79 Å². The summed E-state index contributed by atoms with van der Waals surface area (Å²) in [5.41, 5.74) is 1.30. The molecule has 0 aromatic heterocycles. The number of benzene rings is 2. The van der Waals surface area contributed by atoms with Crippen LogP contribution in [0.15, 0.2) is 53.5 Å². The molecule has 0 saturated heterocycles. The Kier molecular flexibility index (Phi) is 10.2. The summed E-state index contributed by atoms with van der Waals surface area (Å²) in [6.07, 6.45) is 8.10. The quantitative estimate of drug-likeness (QED) is 0.273. The molecule has 0 amide bonds. The van der Waals surface area contributed by atoms with Crippen LogP contribution in [0.5, 0.6) is 0 Å². The molecule has 0 bridgehead atoms. The highest BCUT2D eigenvalue weighted by Gasteiger charge is 2.50. The van der Waals surface area contributed by atoms with E-state index < -0.39 is 11.9 Å². The Labute approximate surface area is 243 Å². The summed E-state index contributed by atoms with van der Waals surface area (Å²) in [4.78, 5) is 21.9. The summed E-state index contributed by atoms with van der Waals surface area (Å²) in [5, 5.41) is 1.44. The molecule has 2 aromatic rings. The lowest BCUT2D eigenvalue weighted by Gasteiger charge is -2.41. The lowest BCUT2D eigenvalue weighted by atomic mass is 9.73. The minimum Gasteiger partial charge on any atom is -0.438 e. The van der Waals surface area contributed by atoms with Gasteiger partial charge in [-0.05, 0) is 87.0 Å². The van der Waals surface area contributed by atoms with Crippen LogP contribution in [0.3, 0.4) is 0 Å². The van der Waals surface area contributed by atoms with Crippen LogP contribution in [0.1, 0.15) is 62.6 Å². The molecule has 1 heterocycles. The van der Waals surface area contributed by atoms with Gasteiger partial charge in [-0.1, -0.05) is 67.2 Å². The first kappa shape index (κ1) is 29.7. The molecular weight excluding hydrogens is 533 g/mol. The van der Waals surface area contributed by atoms with E-state index >= 15 is 0 Å². The molecule has 212 valence electrons. The maximum absolute atomic E-state index is 12.5. The number of aliphatic imine (C=N–C) groups is 1. The number of methoxy groups -OCH3 is 1. The molecule has 39 heavy (non-hydrogen) atoms. The van der Waals surface area contributed by atoms with Gasteiger partial charge < -0.3 is 19.3 Å². The molecule has 3 atom stereocenters. The van der Waals surface area contributed by atoms with E-state index in [1.165, 1.54) is 12.7 Å². The van der Waals surface area contributed by atoms with Crippen LogP contribution in [-0.4, -0.2) is 61.8 Å². The number of nitrogens with zero attached hydrogens (tertiary/aromatic N) is 3. The fraction of sp³-hybridized carbons (Fsp3) is 0.548. The summed E-state index contributed by atoms with van der Waals surface area (Å²) in [5.74, 6) is 1.10. The number of carbonyl (C=O) groups is 1. The Morgan fingerprint density at radius 2 is 1.67 bits per heavy atom. The van der Waals surface area contributed by atoms with Crippen molar-refractivity contribution in [3.05, 3.63) is 69.7 Å². The van der Waals surface area contributed by atoms with Crippen molar-refractivity contribution in [2.45, 2.75) is 69.7 Å². The number of hydrogen-bond donors (Lipinski definition) is 0. The Hall–Kier alpha value is -2.28. The third-order valence-electron chi connectivity index (χ3n) is 8.29. The van der Waals surface area contributed by atoms with Crippen LogP contribution in [0, 0.1) is 11.8 Å². The fourth-order valence-electron chi connectivity index (χ4n) is 6.47. The molecule has 1 saturated carbocycles. The first-order valence-electron chi connectivity index (χ1n) is 14.0. The zero-order chi connectivity index (χ0) is 28.0. The first-order valence-corrected chi connectivity index (χ1v) is 14.7. The summed E-state index contributed by atoms with van der Waals surface area (Å²) >= 11 is 12.3.